The van der Waals surface area contributed by atoms with E-state index in [1.165, 1.54) is 30.2 Å². The quantitative estimate of drug-likeness (QED) is 0.678. The van der Waals surface area contributed by atoms with E-state index in [2.05, 4.69) is 16.0 Å². The summed E-state index contributed by atoms with van der Waals surface area (Å²) in [6.07, 6.45) is 4.89. The molecule has 1 aromatic heterocycles. The molecule has 2 aliphatic rings. The average molecular weight is 374 g/mol. The Hall–Kier alpha value is -3.34. The lowest BCUT2D eigenvalue weighted by atomic mass is 9.84. The van der Waals surface area contributed by atoms with Crippen molar-refractivity contribution < 1.29 is 13.9 Å². The van der Waals surface area contributed by atoms with Crippen molar-refractivity contribution in [3.63, 3.8) is 0 Å². The SMILES string of the molecule is COC(=O)C1=C2c3[nH]c4ccccc4c3CCN2C=C[C@H]1c1ccc(F)cc1. The van der Waals surface area contributed by atoms with Crippen molar-refractivity contribution in [2.45, 2.75) is 12.3 Å². The van der Waals surface area contributed by atoms with Crippen molar-refractivity contribution in [3.05, 3.63) is 89.0 Å². The molecule has 0 saturated heterocycles. The van der Waals surface area contributed by atoms with Crippen molar-refractivity contribution >= 4 is 22.6 Å². The molecule has 2 aliphatic heterocycles. The number of nitrogens with zero attached hydrogens (tertiary/aromatic N) is 1. The molecule has 5 rings (SSSR count). The summed E-state index contributed by atoms with van der Waals surface area (Å²) in [6, 6.07) is 14.5. The second-order valence-corrected chi connectivity index (χ2v) is 7.09. The third-order valence-corrected chi connectivity index (χ3v) is 5.60. The number of aromatic nitrogens is 1. The number of carbonyl (C=O) groups excluding carboxylic acids is 1. The van der Waals surface area contributed by atoms with E-state index in [-0.39, 0.29) is 17.7 Å². The average Bonchev–Trinajstić information content (AvgIpc) is 3.12. The van der Waals surface area contributed by atoms with E-state index in [1.807, 2.05) is 30.5 Å². The molecule has 5 heteroatoms. The molecule has 0 fully saturated rings. The summed E-state index contributed by atoms with van der Waals surface area (Å²) >= 11 is 0. The number of ether oxygens (including phenoxy) is 1. The monoisotopic (exact) mass is 374 g/mol. The molecular weight excluding hydrogens is 355 g/mol. The van der Waals surface area contributed by atoms with E-state index in [4.69, 9.17) is 4.74 Å². The molecule has 0 bridgehead atoms. The van der Waals surface area contributed by atoms with Crippen molar-refractivity contribution in [2.75, 3.05) is 13.7 Å². The minimum Gasteiger partial charge on any atom is -0.466 e. The van der Waals surface area contributed by atoms with Gasteiger partial charge in [0.05, 0.1) is 24.1 Å². The number of allylic oxidation sites excluding steroid dienone is 1. The first-order chi connectivity index (χ1) is 13.7. The number of aromatic amines is 1. The third-order valence-electron chi connectivity index (χ3n) is 5.60. The number of carbonyl (C=O) groups is 1. The molecule has 1 N–H and O–H groups in total. The van der Waals surface area contributed by atoms with E-state index < -0.39 is 0 Å². The van der Waals surface area contributed by atoms with Gasteiger partial charge >= 0.3 is 5.97 Å². The molecule has 3 aromatic rings. The number of para-hydroxylation sites is 1. The maximum Gasteiger partial charge on any atom is 0.336 e. The number of fused-ring (bicyclic) bond motifs is 5. The molecule has 2 aromatic carbocycles. The molecule has 0 radical (unpaired) electrons. The zero-order valence-electron chi connectivity index (χ0n) is 15.4. The first kappa shape index (κ1) is 16.8. The Bertz CT molecular complexity index is 1140. The summed E-state index contributed by atoms with van der Waals surface area (Å²) in [4.78, 5) is 18.5. The van der Waals surface area contributed by atoms with Crippen LogP contribution in [0.25, 0.3) is 16.6 Å². The van der Waals surface area contributed by atoms with Crippen LogP contribution in [0.3, 0.4) is 0 Å². The Kier molecular flexibility index (Phi) is 3.83. The van der Waals surface area contributed by atoms with Gasteiger partial charge in [0.1, 0.15) is 5.82 Å². The summed E-state index contributed by atoms with van der Waals surface area (Å²) in [6.45, 7) is 0.789. The van der Waals surface area contributed by atoms with Gasteiger partial charge in [0, 0.05) is 29.6 Å². The molecular formula is C23H19FN2O2. The van der Waals surface area contributed by atoms with Crippen LogP contribution in [-0.4, -0.2) is 29.5 Å². The van der Waals surface area contributed by atoms with Gasteiger partial charge in [-0.15, -0.1) is 0 Å². The fraction of sp³-hybridized carbons (Fsp3) is 0.174. The fourth-order valence-electron chi connectivity index (χ4n) is 4.30. The van der Waals surface area contributed by atoms with Gasteiger partial charge in [0.2, 0.25) is 0 Å². The van der Waals surface area contributed by atoms with Gasteiger partial charge < -0.3 is 14.6 Å². The highest BCUT2D eigenvalue weighted by Gasteiger charge is 2.35. The highest BCUT2D eigenvalue weighted by Crippen LogP contribution is 2.43. The van der Waals surface area contributed by atoms with Crippen LogP contribution in [0.15, 0.2) is 66.4 Å². The number of rotatable bonds is 2. The number of hydrogen-bond acceptors (Lipinski definition) is 3. The smallest absolute Gasteiger partial charge is 0.336 e. The Morgan fingerprint density at radius 2 is 1.96 bits per heavy atom. The predicted octanol–water partition coefficient (Wildman–Crippen LogP) is 4.36. The molecule has 140 valence electrons. The number of benzene rings is 2. The lowest BCUT2D eigenvalue weighted by Crippen LogP contribution is -2.31. The van der Waals surface area contributed by atoms with Crippen LogP contribution in [-0.2, 0) is 16.0 Å². The zero-order chi connectivity index (χ0) is 19.3. The molecule has 3 heterocycles. The van der Waals surface area contributed by atoms with Gasteiger partial charge in [-0.3, -0.25) is 0 Å². The number of hydrogen-bond donors (Lipinski definition) is 1. The standard InChI is InChI=1S/C23H19FN2O2/c1-28-23(27)20-16(14-6-8-15(24)9-7-14)10-12-26-13-11-18-17-4-2-3-5-19(17)25-21(18)22(20)26/h2-10,12,16,25H,11,13H2,1H3/t16-/m0/s1. The molecule has 0 unspecified atom stereocenters. The molecule has 1 atom stereocenters. The highest BCUT2D eigenvalue weighted by molar-refractivity contribution is 6.02. The normalized spacial score (nSPS) is 18.2. The topological polar surface area (TPSA) is 45.3 Å². The first-order valence-corrected chi connectivity index (χ1v) is 9.30. The number of methoxy groups -OCH3 is 1. The number of H-pyrrole nitrogens is 1. The summed E-state index contributed by atoms with van der Waals surface area (Å²) in [5.41, 5.74) is 5.51. The van der Waals surface area contributed by atoms with Crippen LogP contribution in [0.5, 0.6) is 0 Å². The number of esters is 1. The maximum absolute atomic E-state index is 13.4. The van der Waals surface area contributed by atoms with E-state index in [0.29, 0.717) is 5.57 Å². The minimum absolute atomic E-state index is 0.295. The Morgan fingerprint density at radius 1 is 1.18 bits per heavy atom. The molecule has 0 saturated carbocycles. The van der Waals surface area contributed by atoms with Crippen molar-refractivity contribution in [3.8, 4) is 0 Å². The highest BCUT2D eigenvalue weighted by atomic mass is 19.1. The Morgan fingerprint density at radius 3 is 2.75 bits per heavy atom. The van der Waals surface area contributed by atoms with Crippen molar-refractivity contribution in [1.82, 2.24) is 9.88 Å². The minimum atomic E-state index is -0.370. The van der Waals surface area contributed by atoms with Gasteiger partial charge in [-0.1, -0.05) is 36.4 Å². The van der Waals surface area contributed by atoms with Crippen LogP contribution >= 0.6 is 0 Å². The van der Waals surface area contributed by atoms with Crippen LogP contribution in [0.4, 0.5) is 4.39 Å². The van der Waals surface area contributed by atoms with Crippen molar-refractivity contribution in [2.24, 2.45) is 0 Å². The van der Waals surface area contributed by atoms with Gasteiger partial charge in [-0.05, 0) is 35.7 Å². The maximum atomic E-state index is 13.4. The second kappa shape index (κ2) is 6.37. The first-order valence-electron chi connectivity index (χ1n) is 9.30. The van der Waals surface area contributed by atoms with E-state index in [9.17, 15) is 9.18 Å². The van der Waals surface area contributed by atoms with Crippen LogP contribution in [0, 0.1) is 5.82 Å². The summed E-state index contributed by atoms with van der Waals surface area (Å²) in [5.74, 6) is -0.963. The van der Waals surface area contributed by atoms with Gasteiger partial charge in [0.25, 0.3) is 0 Å². The lowest BCUT2D eigenvalue weighted by molar-refractivity contribution is -0.136. The Balaban J connectivity index is 1.76. The van der Waals surface area contributed by atoms with Crippen LogP contribution in [0.2, 0.25) is 0 Å². The third kappa shape index (κ3) is 2.47. The van der Waals surface area contributed by atoms with Gasteiger partial charge in [0.15, 0.2) is 0 Å². The van der Waals surface area contributed by atoms with Gasteiger partial charge in [-0.2, -0.15) is 0 Å². The van der Waals surface area contributed by atoms with Gasteiger partial charge in [-0.25, -0.2) is 9.18 Å². The number of halogens is 1. The van der Waals surface area contributed by atoms with E-state index in [1.54, 1.807) is 12.1 Å². The molecule has 4 nitrogen and oxygen atoms in total. The predicted molar refractivity (Wildman–Crippen MR) is 106 cm³/mol. The van der Waals surface area contributed by atoms with E-state index >= 15 is 0 Å². The van der Waals surface area contributed by atoms with E-state index in [0.717, 1.165) is 35.4 Å². The fourth-order valence-corrected chi connectivity index (χ4v) is 4.30. The molecule has 28 heavy (non-hydrogen) atoms. The summed E-state index contributed by atoms with van der Waals surface area (Å²) in [5, 5.41) is 1.18. The van der Waals surface area contributed by atoms with Crippen LogP contribution in [0.1, 0.15) is 22.7 Å². The lowest BCUT2D eigenvalue weighted by Gasteiger charge is -2.35. The van der Waals surface area contributed by atoms with Crippen molar-refractivity contribution in [1.29, 1.82) is 0 Å². The largest absolute Gasteiger partial charge is 0.466 e. The summed E-state index contributed by atoms with van der Waals surface area (Å²) in [7, 11) is 1.40. The Labute approximate surface area is 161 Å². The zero-order valence-corrected chi connectivity index (χ0v) is 15.4. The molecule has 0 spiro atoms. The number of nitrogens with one attached hydrogen (secondary N) is 1. The summed E-state index contributed by atoms with van der Waals surface area (Å²) < 4.78 is 18.6. The van der Waals surface area contributed by atoms with Crippen LogP contribution < -0.4 is 0 Å². The second-order valence-electron chi connectivity index (χ2n) is 7.09. The molecule has 0 amide bonds. The molecule has 0 aliphatic carbocycles.